The van der Waals surface area contributed by atoms with E-state index in [1.165, 1.54) is 0 Å². The Labute approximate surface area is 142 Å². The lowest BCUT2D eigenvalue weighted by Gasteiger charge is -2.20. The average Bonchev–Trinajstić information content (AvgIpc) is 3.07. The monoisotopic (exact) mass is 328 g/mol. The Hall–Kier alpha value is -2.50. The largest absolute Gasteiger partial charge is 0.491 e. The molecule has 0 fully saturated rings. The van der Waals surface area contributed by atoms with Crippen LogP contribution in [0.25, 0.3) is 0 Å². The molecule has 2 heterocycles. The van der Waals surface area contributed by atoms with Gasteiger partial charge in [-0.15, -0.1) is 0 Å². The molecule has 1 aromatic heterocycles. The summed E-state index contributed by atoms with van der Waals surface area (Å²) < 4.78 is 7.47. The molecular weight excluding hydrogens is 304 g/mol. The second-order valence-electron chi connectivity index (χ2n) is 6.19. The summed E-state index contributed by atoms with van der Waals surface area (Å²) in [5, 5.41) is 10.5. The number of amides is 2. The molecule has 1 aromatic carbocycles. The summed E-state index contributed by atoms with van der Waals surface area (Å²) in [6, 6.07) is 7.44. The van der Waals surface area contributed by atoms with Gasteiger partial charge in [0.1, 0.15) is 12.4 Å². The Kier molecular flexibility index (Phi) is 4.46. The third-order valence-corrected chi connectivity index (χ3v) is 4.63. The molecule has 0 spiro atoms. The van der Waals surface area contributed by atoms with Crippen molar-refractivity contribution in [2.24, 2.45) is 7.05 Å². The van der Waals surface area contributed by atoms with Crippen LogP contribution >= 0.6 is 0 Å². The number of nitrogens with zero attached hydrogens (tertiary/aromatic N) is 2. The summed E-state index contributed by atoms with van der Waals surface area (Å²) in [6.07, 6.45) is 0.804. The van der Waals surface area contributed by atoms with Crippen molar-refractivity contribution in [3.8, 4) is 5.75 Å². The van der Waals surface area contributed by atoms with Gasteiger partial charge in [-0.3, -0.25) is 4.68 Å². The fraction of sp³-hybridized carbons (Fsp3) is 0.444. The van der Waals surface area contributed by atoms with Crippen molar-refractivity contribution < 1.29 is 9.53 Å². The van der Waals surface area contributed by atoms with E-state index in [1.54, 1.807) is 0 Å². The first kappa shape index (κ1) is 16.4. The number of rotatable bonds is 4. The number of hydrogen-bond donors (Lipinski definition) is 2. The van der Waals surface area contributed by atoms with Gasteiger partial charge in [0.15, 0.2) is 0 Å². The van der Waals surface area contributed by atoms with Crippen molar-refractivity contribution in [1.82, 2.24) is 20.4 Å². The minimum atomic E-state index is -0.185. The number of urea groups is 1. The van der Waals surface area contributed by atoms with Crippen LogP contribution in [-0.4, -0.2) is 22.4 Å². The average molecular weight is 328 g/mol. The fourth-order valence-corrected chi connectivity index (χ4v) is 3.31. The molecule has 128 valence electrons. The molecule has 0 saturated heterocycles. The topological polar surface area (TPSA) is 68.2 Å². The zero-order valence-corrected chi connectivity index (χ0v) is 14.6. The molecular formula is C18H24N4O2. The maximum absolute atomic E-state index is 12.5. The van der Waals surface area contributed by atoms with Gasteiger partial charge >= 0.3 is 6.03 Å². The van der Waals surface area contributed by atoms with Crippen molar-refractivity contribution in [3.63, 3.8) is 0 Å². The van der Waals surface area contributed by atoms with Gasteiger partial charge < -0.3 is 15.4 Å². The molecule has 0 unspecified atom stereocenters. The highest BCUT2D eigenvalue weighted by Crippen LogP contribution is 2.31. The molecule has 1 aliphatic rings. The zero-order valence-electron chi connectivity index (χ0n) is 14.6. The van der Waals surface area contributed by atoms with E-state index in [9.17, 15) is 4.79 Å². The minimum absolute atomic E-state index is 0.0590. The van der Waals surface area contributed by atoms with Gasteiger partial charge in [-0.2, -0.15) is 5.10 Å². The van der Waals surface area contributed by atoms with Crippen molar-refractivity contribution in [2.75, 3.05) is 6.61 Å². The third-order valence-electron chi connectivity index (χ3n) is 4.63. The van der Waals surface area contributed by atoms with Gasteiger partial charge in [-0.25, -0.2) is 4.79 Å². The minimum Gasteiger partial charge on any atom is -0.491 e. The van der Waals surface area contributed by atoms with Crippen molar-refractivity contribution in [3.05, 3.63) is 46.8 Å². The van der Waals surface area contributed by atoms with Crippen LogP contribution < -0.4 is 15.4 Å². The van der Waals surface area contributed by atoms with Crippen molar-refractivity contribution in [1.29, 1.82) is 0 Å². The molecule has 2 aromatic rings. The van der Waals surface area contributed by atoms with Gasteiger partial charge in [0.2, 0.25) is 0 Å². The molecule has 0 aliphatic carbocycles. The van der Waals surface area contributed by atoms with Gasteiger partial charge in [-0.1, -0.05) is 25.1 Å². The summed E-state index contributed by atoms with van der Waals surface area (Å²) in [6.45, 7) is 6.53. The number of nitrogens with one attached hydrogen (secondary N) is 2. The number of para-hydroxylation sites is 1. The molecule has 3 rings (SSSR count). The lowest BCUT2D eigenvalue weighted by Crippen LogP contribution is -2.40. The summed E-state index contributed by atoms with van der Waals surface area (Å²) in [4.78, 5) is 12.5. The molecule has 1 aliphatic heterocycles. The molecule has 0 bridgehead atoms. The van der Waals surface area contributed by atoms with Crippen LogP contribution in [-0.2, 0) is 7.05 Å². The molecule has 2 atom stereocenters. The quantitative estimate of drug-likeness (QED) is 0.907. The highest BCUT2D eigenvalue weighted by molar-refractivity contribution is 5.75. The molecule has 2 amide bonds. The number of fused-ring (bicyclic) bond motifs is 1. The highest BCUT2D eigenvalue weighted by Gasteiger charge is 2.27. The number of ether oxygens (including phenoxy) is 1. The second kappa shape index (κ2) is 6.55. The van der Waals surface area contributed by atoms with E-state index in [4.69, 9.17) is 4.74 Å². The van der Waals surface area contributed by atoms with Crippen LogP contribution in [0.15, 0.2) is 24.3 Å². The summed E-state index contributed by atoms with van der Waals surface area (Å²) in [7, 11) is 1.92. The van der Waals surface area contributed by atoms with Crippen LogP contribution in [0.5, 0.6) is 5.75 Å². The summed E-state index contributed by atoms with van der Waals surface area (Å²) in [5.41, 5.74) is 4.15. The van der Waals surface area contributed by atoms with Crippen molar-refractivity contribution >= 4 is 6.03 Å². The molecule has 24 heavy (non-hydrogen) atoms. The number of carbonyl (C=O) groups excluding carboxylic acids is 1. The Morgan fingerprint density at radius 2 is 2.17 bits per heavy atom. The van der Waals surface area contributed by atoms with E-state index >= 15 is 0 Å². The van der Waals surface area contributed by atoms with E-state index in [1.807, 2.05) is 49.8 Å². The lowest BCUT2D eigenvalue weighted by atomic mass is 10.0. The number of carbonyl (C=O) groups is 1. The fourth-order valence-electron chi connectivity index (χ4n) is 3.31. The zero-order chi connectivity index (χ0) is 17.3. The highest BCUT2D eigenvalue weighted by atomic mass is 16.5. The van der Waals surface area contributed by atoms with Crippen molar-refractivity contribution in [2.45, 2.75) is 39.3 Å². The normalized spacial score (nSPS) is 17.1. The Morgan fingerprint density at radius 1 is 1.42 bits per heavy atom. The summed E-state index contributed by atoms with van der Waals surface area (Å²) in [5.74, 6) is 0.841. The van der Waals surface area contributed by atoms with Crippen LogP contribution in [0.3, 0.4) is 0 Å². The van der Waals surface area contributed by atoms with Gasteiger partial charge in [0, 0.05) is 23.9 Å². The molecule has 6 heteroatoms. The predicted octanol–water partition coefficient (Wildman–Crippen LogP) is 2.92. The smallest absolute Gasteiger partial charge is 0.315 e. The Morgan fingerprint density at radius 3 is 2.83 bits per heavy atom. The standard InChI is InChI=1S/C18H24N4O2/c1-5-14(17-11(2)21-22(4)12(17)3)19-18(23)20-15-10-24-16-9-7-6-8-13(15)16/h6-9,14-15H,5,10H2,1-4H3,(H2,19,20,23)/t14-,15+/m0/s1. The Bertz CT molecular complexity index is 753. The first-order valence-electron chi connectivity index (χ1n) is 8.30. The first-order valence-corrected chi connectivity index (χ1v) is 8.30. The van der Waals surface area contributed by atoms with Crippen LogP contribution in [0, 0.1) is 13.8 Å². The lowest BCUT2D eigenvalue weighted by molar-refractivity contribution is 0.228. The summed E-state index contributed by atoms with van der Waals surface area (Å²) >= 11 is 0. The Balaban J connectivity index is 1.70. The van der Waals surface area contributed by atoms with Gasteiger partial charge in [0.05, 0.1) is 17.8 Å². The number of benzene rings is 1. The van der Waals surface area contributed by atoms with E-state index in [0.29, 0.717) is 6.61 Å². The first-order chi connectivity index (χ1) is 11.5. The maximum atomic E-state index is 12.5. The van der Waals surface area contributed by atoms with E-state index in [0.717, 1.165) is 34.7 Å². The maximum Gasteiger partial charge on any atom is 0.315 e. The predicted molar refractivity (Wildman–Crippen MR) is 92.1 cm³/mol. The molecule has 2 N–H and O–H groups in total. The SMILES string of the molecule is CC[C@H](NC(=O)N[C@@H]1COc2ccccc21)c1c(C)nn(C)c1C. The van der Waals surface area contributed by atoms with Crippen LogP contribution in [0.2, 0.25) is 0 Å². The van der Waals surface area contributed by atoms with Crippen LogP contribution in [0.1, 0.15) is 47.9 Å². The molecule has 0 radical (unpaired) electrons. The number of hydrogen-bond acceptors (Lipinski definition) is 3. The van der Waals surface area contributed by atoms with Crippen LogP contribution in [0.4, 0.5) is 4.79 Å². The van der Waals surface area contributed by atoms with E-state index in [2.05, 4.69) is 22.7 Å². The molecule has 0 saturated carbocycles. The molecule has 6 nitrogen and oxygen atoms in total. The van der Waals surface area contributed by atoms with Gasteiger partial charge in [0.25, 0.3) is 0 Å². The van der Waals surface area contributed by atoms with E-state index in [-0.39, 0.29) is 18.1 Å². The van der Waals surface area contributed by atoms with E-state index < -0.39 is 0 Å². The van der Waals surface area contributed by atoms with Gasteiger partial charge in [-0.05, 0) is 26.3 Å². The number of aryl methyl sites for hydroxylation is 2. The number of aromatic nitrogens is 2. The third kappa shape index (κ3) is 2.96. The second-order valence-corrected chi connectivity index (χ2v) is 6.19.